The van der Waals surface area contributed by atoms with Crippen molar-refractivity contribution in [3.05, 3.63) is 143 Å². The molecule has 0 aromatic heterocycles. The van der Waals surface area contributed by atoms with Crippen LogP contribution in [0.2, 0.25) is 0 Å². The molecule has 8 rings (SSSR count). The van der Waals surface area contributed by atoms with Crippen LogP contribution in [0.3, 0.4) is 0 Å². The summed E-state index contributed by atoms with van der Waals surface area (Å²) < 4.78 is 0.984. The topological polar surface area (TPSA) is 0 Å². The summed E-state index contributed by atoms with van der Waals surface area (Å²) >= 11 is 0. The zero-order valence-corrected chi connectivity index (χ0v) is 20.9. The maximum Gasteiger partial charge on any atom is 0.104 e. The highest BCUT2D eigenvalue weighted by atomic mass is 79.9. The van der Waals surface area contributed by atoms with Crippen molar-refractivity contribution in [1.82, 2.24) is 0 Å². The van der Waals surface area contributed by atoms with Crippen molar-refractivity contribution in [2.45, 2.75) is 13.0 Å². The molecule has 0 N–H and O–H groups in total. The van der Waals surface area contributed by atoms with E-state index < -0.39 is 0 Å². The summed E-state index contributed by atoms with van der Waals surface area (Å²) in [6.45, 7) is 2.16. The summed E-state index contributed by atoms with van der Waals surface area (Å²) in [7, 11) is 4.66. The van der Waals surface area contributed by atoms with Crippen LogP contribution in [0.4, 0.5) is 0 Å². The van der Waals surface area contributed by atoms with Gasteiger partial charge in [0.05, 0.1) is 20.6 Å². The number of halogens is 1. The van der Waals surface area contributed by atoms with E-state index in [0.717, 1.165) is 24.0 Å². The van der Waals surface area contributed by atoms with E-state index in [2.05, 4.69) is 123 Å². The van der Waals surface area contributed by atoms with Crippen molar-refractivity contribution in [2.75, 3.05) is 20.6 Å². The SMILES string of the molecule is C[N+]1(C)CCc2ccc(cc2)/C(c2ccccc2)=C(\c2ccccc2)c2ccc(cc2)C1.[Br-]. The molecule has 0 spiro atoms. The second-order valence-electron chi connectivity index (χ2n) is 9.44. The van der Waals surface area contributed by atoms with Gasteiger partial charge in [-0.1, -0.05) is 109 Å². The number of rotatable bonds is 2. The fraction of sp³-hybridized carbons (Fsp3) is 0.161. The van der Waals surface area contributed by atoms with Gasteiger partial charge in [-0.05, 0) is 39.0 Å². The summed E-state index contributed by atoms with van der Waals surface area (Å²) in [5.41, 5.74) is 10.3. The number of likely N-dealkylation sites (N-methyl/N-ethyl adjacent to an activating group) is 1. The van der Waals surface area contributed by atoms with Crippen molar-refractivity contribution in [3.63, 3.8) is 0 Å². The van der Waals surface area contributed by atoms with Crippen LogP contribution in [0.15, 0.2) is 109 Å². The molecule has 1 nitrogen and oxygen atoms in total. The molecule has 4 aromatic rings. The zero-order chi connectivity index (χ0) is 22.0. The molecule has 4 heterocycles. The van der Waals surface area contributed by atoms with Gasteiger partial charge in [-0.2, -0.15) is 0 Å². The van der Waals surface area contributed by atoms with Gasteiger partial charge < -0.3 is 21.5 Å². The summed E-state index contributed by atoms with van der Waals surface area (Å²) in [5.74, 6) is 0. The molecule has 0 unspecified atom stereocenters. The smallest absolute Gasteiger partial charge is 0.104 e. The maximum atomic E-state index is 2.33. The minimum atomic E-state index is 0. The van der Waals surface area contributed by atoms with Gasteiger partial charge in [0.25, 0.3) is 0 Å². The fourth-order valence-electron chi connectivity index (χ4n) is 4.74. The molecule has 4 bridgehead atoms. The highest BCUT2D eigenvalue weighted by molar-refractivity contribution is 6.04. The van der Waals surface area contributed by atoms with Gasteiger partial charge in [0.15, 0.2) is 0 Å². The Balaban J connectivity index is 0.00000259. The molecule has 0 atom stereocenters. The zero-order valence-electron chi connectivity index (χ0n) is 19.3. The molecule has 0 saturated carbocycles. The van der Waals surface area contributed by atoms with Gasteiger partial charge in [-0.3, -0.25) is 0 Å². The monoisotopic (exact) mass is 495 g/mol. The van der Waals surface area contributed by atoms with Crippen LogP contribution in [-0.4, -0.2) is 25.1 Å². The number of quaternary nitrogens is 1. The lowest BCUT2D eigenvalue weighted by Gasteiger charge is -2.30. The Bertz CT molecular complexity index is 1220. The van der Waals surface area contributed by atoms with Gasteiger partial charge in [0.2, 0.25) is 0 Å². The number of hydrogen-bond donors (Lipinski definition) is 0. The third-order valence-electron chi connectivity index (χ3n) is 6.48. The van der Waals surface area contributed by atoms with E-state index in [0.29, 0.717) is 0 Å². The third-order valence-corrected chi connectivity index (χ3v) is 6.48. The van der Waals surface area contributed by atoms with Crippen LogP contribution >= 0.6 is 0 Å². The first-order valence-corrected chi connectivity index (χ1v) is 11.4. The Morgan fingerprint density at radius 1 is 0.485 bits per heavy atom. The van der Waals surface area contributed by atoms with Crippen molar-refractivity contribution in [3.8, 4) is 0 Å². The van der Waals surface area contributed by atoms with E-state index in [4.69, 9.17) is 0 Å². The van der Waals surface area contributed by atoms with E-state index in [-0.39, 0.29) is 17.0 Å². The standard InChI is InChI=1S/C31H30N.BrH/c1-32(2)22-21-24-13-17-28(18-14-24)30(26-9-5-3-6-10-26)31(27-11-7-4-8-12-27)29-19-15-25(23-32)16-20-29;/h3-20H,21-23H2,1-2H3;1H/q+1;/p-1/b31-30+;. The second-order valence-corrected chi connectivity index (χ2v) is 9.44. The first kappa shape index (κ1) is 23.2. The third kappa shape index (κ3) is 5.19. The van der Waals surface area contributed by atoms with E-state index in [1.54, 1.807) is 0 Å². The van der Waals surface area contributed by atoms with Crippen LogP contribution in [0.25, 0.3) is 11.1 Å². The summed E-state index contributed by atoms with van der Waals surface area (Å²) in [5, 5.41) is 0. The Morgan fingerprint density at radius 2 is 0.879 bits per heavy atom. The average molecular weight is 496 g/mol. The second kappa shape index (κ2) is 9.91. The minimum absolute atomic E-state index is 0. The lowest BCUT2D eigenvalue weighted by Crippen LogP contribution is -3.00. The summed E-state index contributed by atoms with van der Waals surface area (Å²) in [4.78, 5) is 0. The molecule has 0 amide bonds. The molecule has 4 aliphatic rings. The van der Waals surface area contributed by atoms with Crippen LogP contribution in [0.1, 0.15) is 33.4 Å². The highest BCUT2D eigenvalue weighted by Gasteiger charge is 2.20. The lowest BCUT2D eigenvalue weighted by molar-refractivity contribution is -0.903. The molecule has 0 radical (unpaired) electrons. The molecule has 2 heteroatoms. The van der Waals surface area contributed by atoms with Crippen molar-refractivity contribution in [2.24, 2.45) is 0 Å². The van der Waals surface area contributed by atoms with Gasteiger partial charge in [-0.25, -0.2) is 0 Å². The number of benzene rings is 4. The van der Waals surface area contributed by atoms with E-state index >= 15 is 0 Å². The lowest BCUT2D eigenvalue weighted by atomic mass is 9.85. The molecular weight excluding hydrogens is 466 g/mol. The van der Waals surface area contributed by atoms with Crippen LogP contribution in [0, 0.1) is 0 Å². The minimum Gasteiger partial charge on any atom is -1.00 e. The highest BCUT2D eigenvalue weighted by Crippen LogP contribution is 2.37. The summed E-state index contributed by atoms with van der Waals surface area (Å²) in [6, 6.07) is 40.1. The van der Waals surface area contributed by atoms with Crippen LogP contribution < -0.4 is 17.0 Å². The first-order chi connectivity index (χ1) is 15.6. The Hall–Kier alpha value is -2.94. The quantitative estimate of drug-likeness (QED) is 0.370. The summed E-state index contributed by atoms with van der Waals surface area (Å²) in [6.07, 6.45) is 1.08. The van der Waals surface area contributed by atoms with Crippen molar-refractivity contribution >= 4 is 11.1 Å². The van der Waals surface area contributed by atoms with E-state index in [9.17, 15) is 0 Å². The predicted octanol–water partition coefficient (Wildman–Crippen LogP) is 3.83. The van der Waals surface area contributed by atoms with Crippen molar-refractivity contribution < 1.29 is 21.5 Å². The van der Waals surface area contributed by atoms with Gasteiger partial charge in [0, 0.05) is 12.0 Å². The van der Waals surface area contributed by atoms with Gasteiger partial charge in [-0.15, -0.1) is 0 Å². The molecule has 0 saturated heterocycles. The largest absolute Gasteiger partial charge is 1.00 e. The van der Waals surface area contributed by atoms with E-state index in [1.165, 1.54) is 44.5 Å². The van der Waals surface area contributed by atoms with Gasteiger partial charge >= 0.3 is 0 Å². The maximum absolute atomic E-state index is 2.33. The molecule has 33 heavy (non-hydrogen) atoms. The molecule has 4 aliphatic heterocycles. The normalized spacial score (nSPS) is 17.3. The molecule has 0 aliphatic carbocycles. The van der Waals surface area contributed by atoms with E-state index in [1.807, 2.05) is 0 Å². The van der Waals surface area contributed by atoms with Crippen LogP contribution in [0.5, 0.6) is 0 Å². The molecule has 0 fully saturated rings. The van der Waals surface area contributed by atoms with Crippen molar-refractivity contribution in [1.29, 1.82) is 0 Å². The average Bonchev–Trinajstić information content (AvgIpc) is 2.83. The Kier molecular flexibility index (Phi) is 6.97. The Labute approximate surface area is 208 Å². The predicted molar refractivity (Wildman–Crippen MR) is 135 cm³/mol. The molecular formula is C31H30BrN. The number of nitrogens with zero attached hydrogens (tertiary/aromatic N) is 1. The van der Waals surface area contributed by atoms with Crippen LogP contribution in [-0.2, 0) is 13.0 Å². The first-order valence-electron chi connectivity index (χ1n) is 11.4. The fourth-order valence-corrected chi connectivity index (χ4v) is 4.74. The van der Waals surface area contributed by atoms with Gasteiger partial charge in [0.1, 0.15) is 6.54 Å². The Morgan fingerprint density at radius 3 is 1.33 bits per heavy atom. The molecule has 166 valence electrons. The number of hydrogen-bond acceptors (Lipinski definition) is 0. The molecule has 4 aromatic carbocycles.